The molecule has 3 N–H and O–H groups in total. The lowest BCUT2D eigenvalue weighted by atomic mass is 10.1. The predicted octanol–water partition coefficient (Wildman–Crippen LogP) is 1.86. The molecular weight excluding hydrogens is 370 g/mol. The molecule has 1 aromatic rings. The highest BCUT2D eigenvalue weighted by atomic mass is 79.9. The molecule has 0 bridgehead atoms. The van der Waals surface area contributed by atoms with Gasteiger partial charge in [-0.05, 0) is 36.1 Å². The summed E-state index contributed by atoms with van der Waals surface area (Å²) in [4.78, 5) is 25.7. The Morgan fingerprint density at radius 2 is 2.09 bits per heavy atom. The molecule has 0 aromatic heterocycles. The minimum absolute atomic E-state index is 0. The first-order valence-corrected chi connectivity index (χ1v) is 7.81. The summed E-state index contributed by atoms with van der Waals surface area (Å²) in [5.74, 6) is -0.348. The molecule has 1 aromatic carbocycles. The van der Waals surface area contributed by atoms with E-state index in [1.807, 2.05) is 32.0 Å². The van der Waals surface area contributed by atoms with Crippen LogP contribution in [0.25, 0.3) is 0 Å². The van der Waals surface area contributed by atoms with Gasteiger partial charge in [0.05, 0.1) is 12.6 Å². The van der Waals surface area contributed by atoms with Crippen LogP contribution in [0.1, 0.15) is 19.4 Å². The Balaban J connectivity index is 0.00000242. The van der Waals surface area contributed by atoms with Crippen LogP contribution in [0, 0.1) is 5.92 Å². The van der Waals surface area contributed by atoms with Crippen molar-refractivity contribution in [3.63, 3.8) is 0 Å². The minimum Gasteiger partial charge on any atom is -0.346 e. The first-order chi connectivity index (χ1) is 9.90. The third-order valence-electron chi connectivity index (χ3n) is 3.67. The second-order valence-electron chi connectivity index (χ2n) is 5.56. The number of carbonyl (C=O) groups is 2. The predicted molar refractivity (Wildman–Crippen MR) is 93.3 cm³/mol. The molecule has 0 aliphatic carbocycles. The van der Waals surface area contributed by atoms with Crippen molar-refractivity contribution >= 4 is 45.8 Å². The zero-order valence-electron chi connectivity index (χ0n) is 12.6. The van der Waals surface area contributed by atoms with Gasteiger partial charge in [-0.2, -0.15) is 0 Å². The number of amides is 2. The van der Waals surface area contributed by atoms with Crippen molar-refractivity contribution in [2.24, 2.45) is 11.7 Å². The SMILES string of the molecule is CC(C)[C@H](N)C(=O)NCC(=O)N1CCc2cc(Br)ccc21.Cl. The summed E-state index contributed by atoms with van der Waals surface area (Å²) in [6, 6.07) is 5.28. The molecule has 2 amide bonds. The number of carbonyl (C=O) groups excluding carboxylic acids is 2. The number of anilines is 1. The Bertz CT molecular complexity index is 566. The summed E-state index contributed by atoms with van der Waals surface area (Å²) in [5, 5.41) is 2.62. The van der Waals surface area contributed by atoms with Gasteiger partial charge in [-0.1, -0.05) is 29.8 Å². The minimum atomic E-state index is -0.584. The van der Waals surface area contributed by atoms with Gasteiger partial charge in [-0.3, -0.25) is 9.59 Å². The van der Waals surface area contributed by atoms with Crippen LogP contribution in [0.3, 0.4) is 0 Å². The normalized spacial score (nSPS) is 14.3. The molecule has 122 valence electrons. The van der Waals surface area contributed by atoms with Crippen molar-refractivity contribution in [2.45, 2.75) is 26.3 Å². The Morgan fingerprint density at radius 3 is 2.73 bits per heavy atom. The zero-order valence-corrected chi connectivity index (χ0v) is 15.0. The third-order valence-corrected chi connectivity index (χ3v) is 4.17. The molecule has 0 fully saturated rings. The van der Waals surface area contributed by atoms with E-state index < -0.39 is 6.04 Å². The molecule has 5 nitrogen and oxygen atoms in total. The fourth-order valence-electron chi connectivity index (χ4n) is 2.31. The topological polar surface area (TPSA) is 75.4 Å². The van der Waals surface area contributed by atoms with Gasteiger partial charge < -0.3 is 16.0 Å². The summed E-state index contributed by atoms with van der Waals surface area (Å²) in [6.45, 7) is 4.38. The van der Waals surface area contributed by atoms with Crippen molar-refractivity contribution in [1.82, 2.24) is 5.32 Å². The number of fused-ring (bicyclic) bond motifs is 1. The van der Waals surface area contributed by atoms with Crippen LogP contribution in [-0.2, 0) is 16.0 Å². The van der Waals surface area contributed by atoms with Crippen LogP contribution in [0.2, 0.25) is 0 Å². The van der Waals surface area contributed by atoms with Crippen molar-refractivity contribution in [2.75, 3.05) is 18.0 Å². The molecule has 0 spiro atoms. The number of hydrogen-bond acceptors (Lipinski definition) is 3. The van der Waals surface area contributed by atoms with Gasteiger partial charge in [-0.25, -0.2) is 0 Å². The summed E-state index contributed by atoms with van der Waals surface area (Å²) in [5.41, 5.74) is 7.81. The molecule has 1 aliphatic rings. The number of nitrogens with one attached hydrogen (secondary N) is 1. The first kappa shape index (κ1) is 18.9. The average molecular weight is 391 g/mol. The lowest BCUT2D eigenvalue weighted by molar-refractivity contribution is -0.126. The van der Waals surface area contributed by atoms with Crippen molar-refractivity contribution in [3.8, 4) is 0 Å². The van der Waals surface area contributed by atoms with Crippen molar-refractivity contribution < 1.29 is 9.59 Å². The van der Waals surface area contributed by atoms with Gasteiger partial charge in [0.25, 0.3) is 0 Å². The van der Waals surface area contributed by atoms with E-state index in [0.717, 1.165) is 22.1 Å². The maximum atomic E-state index is 12.2. The molecule has 0 radical (unpaired) electrons. The molecule has 22 heavy (non-hydrogen) atoms. The van der Waals surface area contributed by atoms with Gasteiger partial charge in [0.2, 0.25) is 11.8 Å². The van der Waals surface area contributed by atoms with E-state index in [2.05, 4.69) is 21.2 Å². The molecule has 0 saturated carbocycles. The molecule has 1 atom stereocenters. The Morgan fingerprint density at radius 1 is 1.41 bits per heavy atom. The zero-order chi connectivity index (χ0) is 15.6. The van der Waals surface area contributed by atoms with E-state index in [9.17, 15) is 9.59 Å². The van der Waals surface area contributed by atoms with Gasteiger partial charge in [0.15, 0.2) is 0 Å². The Labute approximate surface area is 145 Å². The molecular formula is C15H21BrClN3O2. The molecule has 7 heteroatoms. The number of nitrogens with two attached hydrogens (primary N) is 1. The van der Waals surface area contributed by atoms with Crippen LogP contribution in [0.5, 0.6) is 0 Å². The fraction of sp³-hybridized carbons (Fsp3) is 0.467. The van der Waals surface area contributed by atoms with Gasteiger partial charge in [0, 0.05) is 16.7 Å². The second-order valence-corrected chi connectivity index (χ2v) is 6.47. The van der Waals surface area contributed by atoms with Crippen LogP contribution >= 0.6 is 28.3 Å². The van der Waals surface area contributed by atoms with Gasteiger partial charge >= 0.3 is 0 Å². The Hall–Kier alpha value is -1.11. The third kappa shape index (κ3) is 4.21. The van der Waals surface area contributed by atoms with Crippen molar-refractivity contribution in [1.29, 1.82) is 0 Å². The quantitative estimate of drug-likeness (QED) is 0.824. The standard InChI is InChI=1S/C15H20BrN3O2.ClH/c1-9(2)14(17)15(21)18-8-13(20)19-6-5-10-7-11(16)3-4-12(10)19;/h3-4,7,9,14H,5-6,8,17H2,1-2H3,(H,18,21);1H/t14-;/m0./s1. The van der Waals surface area contributed by atoms with Gasteiger partial charge in [-0.15, -0.1) is 12.4 Å². The summed E-state index contributed by atoms with van der Waals surface area (Å²) >= 11 is 3.43. The van der Waals surface area contributed by atoms with Gasteiger partial charge in [0.1, 0.15) is 0 Å². The van der Waals surface area contributed by atoms with Crippen LogP contribution < -0.4 is 16.0 Å². The molecule has 1 heterocycles. The lowest BCUT2D eigenvalue weighted by Gasteiger charge is -2.19. The van der Waals surface area contributed by atoms with E-state index in [0.29, 0.717) is 6.54 Å². The first-order valence-electron chi connectivity index (χ1n) is 7.02. The Kier molecular flexibility index (Phi) is 6.84. The van der Waals surface area contributed by atoms with Crippen LogP contribution in [-0.4, -0.2) is 30.9 Å². The molecule has 0 unspecified atom stereocenters. The summed E-state index contributed by atoms with van der Waals surface area (Å²) in [7, 11) is 0. The highest BCUT2D eigenvalue weighted by molar-refractivity contribution is 9.10. The van der Waals surface area contributed by atoms with E-state index in [1.54, 1.807) is 4.90 Å². The van der Waals surface area contributed by atoms with E-state index >= 15 is 0 Å². The largest absolute Gasteiger partial charge is 0.346 e. The number of hydrogen-bond donors (Lipinski definition) is 2. The van der Waals surface area contributed by atoms with Crippen LogP contribution in [0.4, 0.5) is 5.69 Å². The molecule has 2 rings (SSSR count). The maximum Gasteiger partial charge on any atom is 0.246 e. The summed E-state index contributed by atoms with van der Waals surface area (Å²) in [6.07, 6.45) is 0.833. The van der Waals surface area contributed by atoms with E-state index in [-0.39, 0.29) is 36.7 Å². The average Bonchev–Trinajstić information content (AvgIpc) is 2.86. The fourth-order valence-corrected chi connectivity index (χ4v) is 2.72. The molecule has 1 aliphatic heterocycles. The monoisotopic (exact) mass is 389 g/mol. The summed E-state index contributed by atoms with van der Waals surface area (Å²) < 4.78 is 1.01. The number of nitrogens with zero attached hydrogens (tertiary/aromatic N) is 1. The highest BCUT2D eigenvalue weighted by Gasteiger charge is 2.25. The number of benzene rings is 1. The smallest absolute Gasteiger partial charge is 0.246 e. The molecule has 0 saturated heterocycles. The van der Waals surface area contributed by atoms with E-state index in [1.165, 1.54) is 0 Å². The second kappa shape index (κ2) is 7.94. The number of halogens is 2. The maximum absolute atomic E-state index is 12.2. The number of rotatable bonds is 4. The highest BCUT2D eigenvalue weighted by Crippen LogP contribution is 2.30. The lowest BCUT2D eigenvalue weighted by Crippen LogP contribution is -2.47. The van der Waals surface area contributed by atoms with Crippen LogP contribution in [0.15, 0.2) is 22.7 Å². The van der Waals surface area contributed by atoms with Crippen molar-refractivity contribution in [3.05, 3.63) is 28.2 Å². The van der Waals surface area contributed by atoms with E-state index in [4.69, 9.17) is 5.73 Å².